The molecule has 0 atom stereocenters. The second-order valence-electron chi connectivity index (χ2n) is 17.7. The fourth-order valence-electron chi connectivity index (χ4n) is 10.4. The van der Waals surface area contributed by atoms with Crippen molar-refractivity contribution in [2.45, 2.75) is 19.3 Å². The number of nitrogens with zero attached hydrogens (tertiary/aromatic N) is 5. The van der Waals surface area contributed by atoms with Crippen LogP contribution in [0, 0.1) is 0 Å². The van der Waals surface area contributed by atoms with Crippen molar-refractivity contribution >= 4 is 43.6 Å². The third kappa shape index (κ3) is 5.82. The van der Waals surface area contributed by atoms with Crippen molar-refractivity contribution in [1.29, 1.82) is 0 Å². The van der Waals surface area contributed by atoms with Crippen molar-refractivity contribution in [2.24, 2.45) is 0 Å². The molecule has 0 fully saturated rings. The maximum atomic E-state index is 5.37. The lowest BCUT2D eigenvalue weighted by Crippen LogP contribution is -2.15. The highest BCUT2D eigenvalue weighted by Gasteiger charge is 2.35. The zero-order chi connectivity index (χ0) is 43.2. The molecule has 65 heavy (non-hydrogen) atoms. The predicted molar refractivity (Wildman–Crippen MR) is 268 cm³/mol. The molecular formula is C60H41N5. The minimum absolute atomic E-state index is 0.164. The fraction of sp³-hybridized carbons (Fsp3) is 0.0500. The van der Waals surface area contributed by atoms with Crippen molar-refractivity contribution in [3.05, 3.63) is 223 Å². The molecule has 3 heterocycles. The average molecular weight is 832 g/mol. The van der Waals surface area contributed by atoms with Gasteiger partial charge in [-0.05, 0) is 88.0 Å². The molecule has 5 heteroatoms. The molecule has 1 aliphatic carbocycles. The minimum Gasteiger partial charge on any atom is -0.309 e. The monoisotopic (exact) mass is 831 g/mol. The molecule has 0 bridgehead atoms. The van der Waals surface area contributed by atoms with E-state index in [1.807, 2.05) is 18.2 Å². The summed E-state index contributed by atoms with van der Waals surface area (Å²) in [5.74, 6) is 1.89. The highest BCUT2D eigenvalue weighted by atomic mass is 15.0. The summed E-state index contributed by atoms with van der Waals surface area (Å²) in [5.41, 5.74) is 16.7. The van der Waals surface area contributed by atoms with Gasteiger partial charge in [-0.3, -0.25) is 0 Å². The van der Waals surface area contributed by atoms with Gasteiger partial charge in [0.25, 0.3) is 0 Å². The first kappa shape index (κ1) is 37.2. The lowest BCUT2D eigenvalue weighted by Gasteiger charge is -2.21. The van der Waals surface area contributed by atoms with Crippen LogP contribution in [0.3, 0.4) is 0 Å². The van der Waals surface area contributed by atoms with Crippen molar-refractivity contribution < 1.29 is 0 Å². The fourth-order valence-corrected chi connectivity index (χ4v) is 10.4. The van der Waals surface area contributed by atoms with E-state index in [0.717, 1.165) is 50.2 Å². The molecule has 0 N–H and O–H groups in total. The van der Waals surface area contributed by atoms with Crippen molar-refractivity contribution in [1.82, 2.24) is 24.1 Å². The highest BCUT2D eigenvalue weighted by Crippen LogP contribution is 2.49. The Morgan fingerprint density at radius 1 is 0.308 bits per heavy atom. The lowest BCUT2D eigenvalue weighted by atomic mass is 9.82. The van der Waals surface area contributed by atoms with E-state index in [4.69, 9.17) is 15.0 Å². The van der Waals surface area contributed by atoms with Gasteiger partial charge in [-0.25, -0.2) is 15.0 Å². The number of fused-ring (bicyclic) bond motifs is 9. The molecule has 0 saturated heterocycles. The Morgan fingerprint density at radius 2 is 0.800 bits per heavy atom. The van der Waals surface area contributed by atoms with Gasteiger partial charge in [0.2, 0.25) is 0 Å². The summed E-state index contributed by atoms with van der Waals surface area (Å²) in [6.07, 6.45) is 0. The van der Waals surface area contributed by atoms with Crippen LogP contribution in [-0.4, -0.2) is 24.1 Å². The molecule has 0 spiro atoms. The maximum absolute atomic E-state index is 5.37. The molecule has 0 unspecified atom stereocenters. The van der Waals surface area contributed by atoms with Gasteiger partial charge in [0.05, 0.1) is 22.1 Å². The number of rotatable bonds is 6. The minimum atomic E-state index is -0.164. The summed E-state index contributed by atoms with van der Waals surface area (Å²) >= 11 is 0. The van der Waals surface area contributed by atoms with Gasteiger partial charge in [-0.15, -0.1) is 0 Å². The summed E-state index contributed by atoms with van der Waals surface area (Å²) in [6, 6.07) is 76.1. The molecular weight excluding hydrogens is 791 g/mol. The van der Waals surface area contributed by atoms with Crippen LogP contribution in [0.2, 0.25) is 0 Å². The average Bonchev–Trinajstić information content (AvgIpc) is 3.96. The first-order valence-corrected chi connectivity index (χ1v) is 22.3. The summed E-state index contributed by atoms with van der Waals surface area (Å²) in [6.45, 7) is 4.62. The second-order valence-corrected chi connectivity index (χ2v) is 17.7. The van der Waals surface area contributed by atoms with Crippen LogP contribution in [0.5, 0.6) is 0 Å². The van der Waals surface area contributed by atoms with Gasteiger partial charge in [0, 0.05) is 55.0 Å². The van der Waals surface area contributed by atoms with E-state index < -0.39 is 0 Å². The van der Waals surface area contributed by atoms with Crippen molar-refractivity contribution in [3.8, 4) is 67.8 Å². The SMILES string of the molecule is CC1(C)c2ccccc2-c2ccc(-c3nc(-c4ccccc4)nc(-c4cc(-c5ccccc5)cc(-n5c6ccccc6c6ccc(-n7c8ccccc8c8ccccc87)cc65)c4)n3)cc21. The first-order chi connectivity index (χ1) is 32.0. The van der Waals surface area contributed by atoms with Crippen LogP contribution in [-0.2, 0) is 5.41 Å². The van der Waals surface area contributed by atoms with Crippen molar-refractivity contribution in [3.63, 3.8) is 0 Å². The zero-order valence-corrected chi connectivity index (χ0v) is 35.9. The highest BCUT2D eigenvalue weighted by molar-refractivity contribution is 6.12. The zero-order valence-electron chi connectivity index (χ0n) is 35.9. The summed E-state index contributed by atoms with van der Waals surface area (Å²) in [5, 5.41) is 4.86. The third-order valence-electron chi connectivity index (χ3n) is 13.5. The van der Waals surface area contributed by atoms with Gasteiger partial charge < -0.3 is 9.13 Å². The van der Waals surface area contributed by atoms with Gasteiger partial charge in [-0.2, -0.15) is 0 Å². The number of para-hydroxylation sites is 3. The molecule has 9 aromatic carbocycles. The Balaban J connectivity index is 1.05. The molecule has 0 saturated carbocycles. The number of hydrogen-bond acceptors (Lipinski definition) is 3. The smallest absolute Gasteiger partial charge is 0.164 e. The Bertz CT molecular complexity index is 3800. The van der Waals surface area contributed by atoms with E-state index in [-0.39, 0.29) is 5.41 Å². The molecule has 1 aliphatic rings. The van der Waals surface area contributed by atoms with E-state index in [2.05, 4.69) is 217 Å². The molecule has 0 radical (unpaired) electrons. The quantitative estimate of drug-likeness (QED) is 0.168. The summed E-state index contributed by atoms with van der Waals surface area (Å²) < 4.78 is 4.81. The molecule has 5 nitrogen and oxygen atoms in total. The Morgan fingerprint density at radius 3 is 1.46 bits per heavy atom. The second kappa shape index (κ2) is 14.3. The van der Waals surface area contributed by atoms with Crippen LogP contribution >= 0.6 is 0 Å². The first-order valence-electron chi connectivity index (χ1n) is 22.3. The lowest BCUT2D eigenvalue weighted by molar-refractivity contribution is 0.660. The molecule has 0 aliphatic heterocycles. The Kier molecular flexibility index (Phi) is 8.18. The van der Waals surface area contributed by atoms with Crippen LogP contribution in [0.25, 0.3) is 111 Å². The van der Waals surface area contributed by atoms with Gasteiger partial charge in [0.15, 0.2) is 17.5 Å². The molecule has 0 amide bonds. The predicted octanol–water partition coefficient (Wildman–Crippen LogP) is 15.0. The molecule has 3 aromatic heterocycles. The molecule has 12 aromatic rings. The molecule has 306 valence electrons. The Labute approximate surface area is 376 Å². The third-order valence-corrected chi connectivity index (χ3v) is 13.5. The van der Waals surface area contributed by atoms with E-state index in [1.54, 1.807) is 0 Å². The standard InChI is InChI=1S/C60H41N5/c1-60(2)51-25-13-9-21-45(51)46-31-29-40(36-52(46)60)58-61-57(39-19-7-4-8-20-39)62-59(63-58)42-33-41(38-17-5-3-6-18-38)34-44(35-42)65-55-28-16-12-24-49(55)50-32-30-43(37-56(50)65)64-53-26-14-10-22-47(53)48-23-11-15-27-54(48)64/h3-37H,1-2H3. The van der Waals surface area contributed by atoms with Crippen LogP contribution < -0.4 is 0 Å². The van der Waals surface area contributed by atoms with Gasteiger partial charge >= 0.3 is 0 Å². The number of hydrogen-bond donors (Lipinski definition) is 0. The van der Waals surface area contributed by atoms with Gasteiger partial charge in [-0.1, -0.05) is 172 Å². The Hall–Kier alpha value is -8.41. The maximum Gasteiger partial charge on any atom is 0.164 e. The van der Waals surface area contributed by atoms with Gasteiger partial charge in [0.1, 0.15) is 0 Å². The van der Waals surface area contributed by atoms with Crippen molar-refractivity contribution in [2.75, 3.05) is 0 Å². The number of aromatic nitrogens is 5. The topological polar surface area (TPSA) is 48.5 Å². The van der Waals surface area contributed by atoms with E-state index in [0.29, 0.717) is 17.5 Å². The summed E-state index contributed by atoms with van der Waals surface area (Å²) in [7, 11) is 0. The van der Waals surface area contributed by atoms with Crippen LogP contribution in [0.1, 0.15) is 25.0 Å². The van der Waals surface area contributed by atoms with Crippen LogP contribution in [0.4, 0.5) is 0 Å². The number of benzene rings is 9. The van der Waals surface area contributed by atoms with E-state index >= 15 is 0 Å². The van der Waals surface area contributed by atoms with E-state index in [1.165, 1.54) is 54.8 Å². The largest absolute Gasteiger partial charge is 0.309 e. The normalized spacial score (nSPS) is 12.9. The van der Waals surface area contributed by atoms with Crippen LogP contribution in [0.15, 0.2) is 212 Å². The summed E-state index contributed by atoms with van der Waals surface area (Å²) in [4.78, 5) is 15.9. The van der Waals surface area contributed by atoms with E-state index in [9.17, 15) is 0 Å². The molecule has 13 rings (SSSR count).